The Balaban J connectivity index is 1.62. The second-order valence-electron chi connectivity index (χ2n) is 5.48. The summed E-state index contributed by atoms with van der Waals surface area (Å²) in [6, 6.07) is 10.5. The van der Waals surface area contributed by atoms with Crippen LogP contribution in [0.4, 0.5) is 14.8 Å². The normalized spacial score (nSPS) is 10.9. The minimum atomic E-state index is -0.897. The number of anilines is 1. The second kappa shape index (κ2) is 6.45. The number of aromatic nitrogens is 2. The smallest absolute Gasteiger partial charge is 0.349 e. The van der Waals surface area contributed by atoms with Gasteiger partial charge < -0.3 is 8.83 Å². The van der Waals surface area contributed by atoms with Gasteiger partial charge in [-0.15, -0.1) is 5.10 Å². The topological polar surface area (TPSA) is 98.2 Å². The first-order valence-corrected chi connectivity index (χ1v) is 7.64. The number of carbonyl (C=O) groups is 1. The van der Waals surface area contributed by atoms with Crippen LogP contribution in [0.2, 0.25) is 0 Å². The van der Waals surface area contributed by atoms with Crippen molar-refractivity contribution >= 4 is 22.9 Å². The zero-order valence-electron chi connectivity index (χ0n) is 13.4. The van der Waals surface area contributed by atoms with Crippen LogP contribution < -0.4 is 10.9 Å². The SMILES string of the molecule is O=C(Nc1nnc(-c2ccc(F)cc2F)o1)c1cc2ccccc2oc1=O. The molecule has 27 heavy (non-hydrogen) atoms. The third-order valence-electron chi connectivity index (χ3n) is 3.69. The Bertz CT molecular complexity index is 1230. The van der Waals surface area contributed by atoms with Gasteiger partial charge in [-0.05, 0) is 24.3 Å². The molecule has 2 aromatic heterocycles. The van der Waals surface area contributed by atoms with E-state index in [0.29, 0.717) is 17.0 Å². The van der Waals surface area contributed by atoms with E-state index in [0.717, 1.165) is 12.1 Å². The quantitative estimate of drug-likeness (QED) is 0.556. The molecule has 9 heteroatoms. The van der Waals surface area contributed by atoms with E-state index in [1.165, 1.54) is 6.07 Å². The minimum absolute atomic E-state index is 0.130. The molecular weight excluding hydrogens is 360 g/mol. The van der Waals surface area contributed by atoms with Gasteiger partial charge >= 0.3 is 11.6 Å². The highest BCUT2D eigenvalue weighted by Gasteiger charge is 2.18. The summed E-state index contributed by atoms with van der Waals surface area (Å²) in [6.45, 7) is 0. The molecule has 7 nitrogen and oxygen atoms in total. The van der Waals surface area contributed by atoms with Crippen LogP contribution in [0.1, 0.15) is 10.4 Å². The molecule has 2 aromatic carbocycles. The van der Waals surface area contributed by atoms with Crippen LogP contribution in [0.3, 0.4) is 0 Å². The fraction of sp³-hybridized carbons (Fsp3) is 0. The first-order valence-electron chi connectivity index (χ1n) is 7.64. The van der Waals surface area contributed by atoms with Crippen molar-refractivity contribution in [1.82, 2.24) is 10.2 Å². The number of nitrogens with one attached hydrogen (secondary N) is 1. The number of hydrogen-bond acceptors (Lipinski definition) is 6. The predicted molar refractivity (Wildman–Crippen MR) is 90.1 cm³/mol. The van der Waals surface area contributed by atoms with Crippen molar-refractivity contribution in [3.63, 3.8) is 0 Å². The first kappa shape index (κ1) is 16.6. The van der Waals surface area contributed by atoms with E-state index in [-0.39, 0.29) is 23.0 Å². The molecule has 0 fully saturated rings. The fourth-order valence-corrected chi connectivity index (χ4v) is 2.43. The maximum absolute atomic E-state index is 13.8. The van der Waals surface area contributed by atoms with Gasteiger partial charge in [0.25, 0.3) is 11.8 Å². The molecule has 1 N–H and O–H groups in total. The first-order chi connectivity index (χ1) is 13.0. The van der Waals surface area contributed by atoms with Crippen molar-refractivity contribution in [1.29, 1.82) is 0 Å². The highest BCUT2D eigenvalue weighted by atomic mass is 19.1. The van der Waals surface area contributed by atoms with Crippen molar-refractivity contribution in [3.05, 3.63) is 76.1 Å². The van der Waals surface area contributed by atoms with Crippen molar-refractivity contribution in [2.75, 3.05) is 5.32 Å². The third-order valence-corrected chi connectivity index (χ3v) is 3.69. The van der Waals surface area contributed by atoms with E-state index >= 15 is 0 Å². The summed E-state index contributed by atoms with van der Waals surface area (Å²) in [4.78, 5) is 24.3. The van der Waals surface area contributed by atoms with Crippen LogP contribution in [0.5, 0.6) is 0 Å². The molecule has 0 aliphatic carbocycles. The number of amides is 1. The summed E-state index contributed by atoms with van der Waals surface area (Å²) in [7, 11) is 0. The molecule has 2 heterocycles. The van der Waals surface area contributed by atoms with E-state index in [9.17, 15) is 18.4 Å². The van der Waals surface area contributed by atoms with Crippen LogP contribution in [-0.2, 0) is 0 Å². The fourth-order valence-electron chi connectivity index (χ4n) is 2.43. The van der Waals surface area contributed by atoms with E-state index in [4.69, 9.17) is 8.83 Å². The molecule has 0 bridgehead atoms. The molecule has 0 unspecified atom stereocenters. The molecule has 0 radical (unpaired) electrons. The van der Waals surface area contributed by atoms with Gasteiger partial charge in [0.15, 0.2) is 0 Å². The van der Waals surface area contributed by atoms with Crippen molar-refractivity contribution in [2.24, 2.45) is 0 Å². The highest BCUT2D eigenvalue weighted by Crippen LogP contribution is 2.23. The Kier molecular flexibility index (Phi) is 3.96. The summed E-state index contributed by atoms with van der Waals surface area (Å²) in [5.74, 6) is -2.74. The maximum Gasteiger partial charge on any atom is 0.349 e. The van der Waals surface area contributed by atoms with Crippen molar-refractivity contribution < 1.29 is 22.4 Å². The largest absolute Gasteiger partial charge is 0.422 e. The van der Waals surface area contributed by atoms with Gasteiger partial charge in [0.2, 0.25) is 0 Å². The number of halogens is 2. The summed E-state index contributed by atoms with van der Waals surface area (Å²) in [5, 5.41) is 9.98. The van der Waals surface area contributed by atoms with E-state index < -0.39 is 23.2 Å². The summed E-state index contributed by atoms with van der Waals surface area (Å²) >= 11 is 0. The number of para-hydroxylation sites is 1. The standard InChI is InChI=1S/C18H9F2N3O4/c19-10-5-6-11(13(20)8-10)16-22-23-18(27-16)21-15(24)12-7-9-3-1-2-4-14(9)26-17(12)25/h1-8H,(H,21,23,24). The summed E-state index contributed by atoms with van der Waals surface area (Å²) < 4.78 is 37.0. The molecule has 0 aliphatic heterocycles. The van der Waals surface area contributed by atoms with Crippen LogP contribution in [0, 0.1) is 11.6 Å². The van der Waals surface area contributed by atoms with Crippen molar-refractivity contribution in [2.45, 2.75) is 0 Å². The van der Waals surface area contributed by atoms with Gasteiger partial charge in [-0.25, -0.2) is 13.6 Å². The zero-order valence-corrected chi connectivity index (χ0v) is 13.4. The van der Waals surface area contributed by atoms with Crippen LogP contribution >= 0.6 is 0 Å². The van der Waals surface area contributed by atoms with E-state index in [2.05, 4.69) is 15.5 Å². The molecule has 0 atom stereocenters. The monoisotopic (exact) mass is 369 g/mol. The van der Waals surface area contributed by atoms with E-state index in [1.54, 1.807) is 24.3 Å². The van der Waals surface area contributed by atoms with Gasteiger partial charge in [0, 0.05) is 11.5 Å². The van der Waals surface area contributed by atoms with Gasteiger partial charge in [0.1, 0.15) is 22.8 Å². The Labute approximate surface area is 149 Å². The minimum Gasteiger partial charge on any atom is -0.422 e. The maximum atomic E-state index is 13.8. The van der Waals surface area contributed by atoms with E-state index in [1.807, 2.05) is 0 Å². The zero-order chi connectivity index (χ0) is 19.0. The molecule has 0 saturated heterocycles. The van der Waals surface area contributed by atoms with Crippen molar-refractivity contribution in [3.8, 4) is 11.5 Å². The molecule has 4 aromatic rings. The highest BCUT2D eigenvalue weighted by molar-refractivity contribution is 6.04. The molecule has 0 saturated carbocycles. The lowest BCUT2D eigenvalue weighted by atomic mass is 10.2. The Morgan fingerprint density at radius 1 is 1.00 bits per heavy atom. The average molecular weight is 369 g/mol. The van der Waals surface area contributed by atoms with Gasteiger partial charge in [-0.3, -0.25) is 10.1 Å². The van der Waals surface area contributed by atoms with Crippen LogP contribution in [0.25, 0.3) is 22.4 Å². The predicted octanol–water partition coefficient (Wildman–Crippen LogP) is 3.37. The number of rotatable bonds is 3. The summed E-state index contributed by atoms with van der Waals surface area (Å²) in [5.41, 5.74) is -0.891. The number of benzene rings is 2. The number of carbonyl (C=O) groups excluding carboxylic acids is 1. The lowest BCUT2D eigenvalue weighted by molar-refractivity contribution is 0.102. The molecule has 4 rings (SSSR count). The van der Waals surface area contributed by atoms with Gasteiger partial charge in [-0.2, -0.15) is 0 Å². The van der Waals surface area contributed by atoms with Crippen LogP contribution in [-0.4, -0.2) is 16.1 Å². The molecule has 0 spiro atoms. The average Bonchev–Trinajstić information content (AvgIpc) is 3.09. The Morgan fingerprint density at radius 2 is 1.81 bits per heavy atom. The third kappa shape index (κ3) is 3.17. The summed E-state index contributed by atoms with van der Waals surface area (Å²) in [6.07, 6.45) is 0. The molecule has 0 aliphatic rings. The van der Waals surface area contributed by atoms with Gasteiger partial charge in [-0.1, -0.05) is 23.3 Å². The lowest BCUT2D eigenvalue weighted by Crippen LogP contribution is -2.20. The Hall–Kier alpha value is -3.88. The van der Waals surface area contributed by atoms with Crippen LogP contribution in [0.15, 0.2) is 62.2 Å². The molecular formula is C18H9F2N3O4. The molecule has 134 valence electrons. The number of nitrogens with zero attached hydrogens (tertiary/aromatic N) is 2. The Morgan fingerprint density at radius 3 is 2.63 bits per heavy atom. The van der Waals surface area contributed by atoms with Gasteiger partial charge in [0.05, 0.1) is 5.56 Å². The second-order valence-corrected chi connectivity index (χ2v) is 5.48. The molecule has 1 amide bonds. The number of hydrogen-bond donors (Lipinski definition) is 1. The lowest BCUT2D eigenvalue weighted by Gasteiger charge is -2.01. The number of fused-ring (bicyclic) bond motifs is 1.